The van der Waals surface area contributed by atoms with Crippen molar-refractivity contribution in [3.8, 4) is 0 Å². The summed E-state index contributed by atoms with van der Waals surface area (Å²) in [6.07, 6.45) is 4.09. The van der Waals surface area contributed by atoms with Crippen LogP contribution in [0.1, 0.15) is 40.5 Å². The Morgan fingerprint density at radius 1 is 1.34 bits per heavy atom. The lowest BCUT2D eigenvalue weighted by Crippen LogP contribution is -2.34. The monoisotopic (exact) mass is 404 g/mol. The van der Waals surface area contributed by atoms with Gasteiger partial charge in [-0.2, -0.15) is 0 Å². The molecule has 2 rings (SSSR count). The lowest BCUT2D eigenvalue weighted by molar-refractivity contribution is -0.148. The van der Waals surface area contributed by atoms with E-state index >= 15 is 0 Å². The quantitative estimate of drug-likeness (QED) is 0.333. The second kappa shape index (κ2) is 9.69. The Bertz CT molecular complexity index is 787. The standard InChI is InChI=1S/C22H28O7/c1-6-16(11-23)22(26)29-18-9-12(2)7-8-17(27-15(5)24)13(3)10-19-20(18)14(4)21(25)28-19/h6-7,10,17-20,23H,4,8-9,11H2,1-3,5H3/b12-7+,13-10-,16-6-/t17-,18+,19+,20+/m0/s1. The van der Waals surface area contributed by atoms with Crippen molar-refractivity contribution in [1.29, 1.82) is 0 Å². The van der Waals surface area contributed by atoms with Gasteiger partial charge < -0.3 is 19.3 Å². The molecule has 0 spiro atoms. The maximum atomic E-state index is 12.4. The van der Waals surface area contributed by atoms with E-state index in [4.69, 9.17) is 14.2 Å². The van der Waals surface area contributed by atoms with Crippen LogP contribution in [0.25, 0.3) is 0 Å². The minimum atomic E-state index is -0.696. The van der Waals surface area contributed by atoms with Crippen molar-refractivity contribution in [2.75, 3.05) is 6.61 Å². The van der Waals surface area contributed by atoms with Crippen LogP contribution in [0.2, 0.25) is 0 Å². The van der Waals surface area contributed by atoms with E-state index in [-0.39, 0.29) is 11.1 Å². The highest BCUT2D eigenvalue weighted by Gasteiger charge is 2.45. The van der Waals surface area contributed by atoms with Gasteiger partial charge in [0.25, 0.3) is 0 Å². The molecule has 1 N–H and O–H groups in total. The molecule has 0 aromatic carbocycles. The van der Waals surface area contributed by atoms with E-state index in [9.17, 15) is 19.5 Å². The van der Waals surface area contributed by atoms with Crippen LogP contribution in [-0.4, -0.2) is 47.9 Å². The highest BCUT2D eigenvalue weighted by Crippen LogP contribution is 2.36. The average molecular weight is 404 g/mol. The van der Waals surface area contributed by atoms with Crippen molar-refractivity contribution in [1.82, 2.24) is 0 Å². The molecule has 158 valence electrons. The Labute approximate surface area is 170 Å². The minimum Gasteiger partial charge on any atom is -0.458 e. The minimum absolute atomic E-state index is 0.137. The Hall–Kier alpha value is -2.67. The molecule has 7 nitrogen and oxygen atoms in total. The van der Waals surface area contributed by atoms with Gasteiger partial charge in [0.05, 0.1) is 18.1 Å². The highest BCUT2D eigenvalue weighted by molar-refractivity contribution is 5.92. The molecule has 1 aliphatic carbocycles. The highest BCUT2D eigenvalue weighted by atomic mass is 16.6. The first-order valence-corrected chi connectivity index (χ1v) is 9.55. The Kier molecular flexibility index (Phi) is 7.56. The number of carbonyl (C=O) groups excluding carboxylic acids is 3. The molecule has 0 aromatic heterocycles. The summed E-state index contributed by atoms with van der Waals surface area (Å²) in [6.45, 7) is 10.1. The summed E-state index contributed by atoms with van der Waals surface area (Å²) in [5.41, 5.74) is 2.00. The van der Waals surface area contributed by atoms with Crippen LogP contribution in [0.15, 0.2) is 47.1 Å². The van der Waals surface area contributed by atoms with Gasteiger partial charge in [-0.05, 0) is 32.4 Å². The molecule has 2 aliphatic rings. The summed E-state index contributed by atoms with van der Waals surface area (Å²) in [5.74, 6) is -2.18. The molecule has 29 heavy (non-hydrogen) atoms. The third kappa shape index (κ3) is 5.44. The predicted octanol–water partition coefficient (Wildman–Crippen LogP) is 2.55. The van der Waals surface area contributed by atoms with Gasteiger partial charge in [-0.3, -0.25) is 4.79 Å². The molecule has 1 aliphatic heterocycles. The SMILES string of the molecule is C=C1C(=O)O[C@@H]2/C=C(/C)[C@@H](OC(C)=O)C/C=C(\C)C[C@@H](OC(=O)/C(=C\C)CO)[C@@H]12. The molecule has 1 fully saturated rings. The summed E-state index contributed by atoms with van der Waals surface area (Å²) in [6, 6.07) is 0. The molecular weight excluding hydrogens is 376 g/mol. The van der Waals surface area contributed by atoms with Crippen LogP contribution in [0.4, 0.5) is 0 Å². The number of carbonyl (C=O) groups is 3. The zero-order valence-electron chi connectivity index (χ0n) is 17.3. The van der Waals surface area contributed by atoms with Crippen LogP contribution in [-0.2, 0) is 28.6 Å². The largest absolute Gasteiger partial charge is 0.458 e. The zero-order chi connectivity index (χ0) is 21.7. The first-order chi connectivity index (χ1) is 13.7. The van der Waals surface area contributed by atoms with Crippen molar-refractivity contribution in [3.63, 3.8) is 0 Å². The fraction of sp³-hybridized carbons (Fsp3) is 0.500. The number of allylic oxidation sites excluding steroid dienone is 1. The van der Waals surface area contributed by atoms with Crippen molar-refractivity contribution < 1.29 is 33.7 Å². The van der Waals surface area contributed by atoms with E-state index in [1.54, 1.807) is 19.9 Å². The molecular formula is C22H28O7. The van der Waals surface area contributed by atoms with Gasteiger partial charge in [0.2, 0.25) is 0 Å². The van der Waals surface area contributed by atoms with Gasteiger partial charge in [0, 0.05) is 25.3 Å². The van der Waals surface area contributed by atoms with Gasteiger partial charge >= 0.3 is 17.9 Å². The molecule has 0 bridgehead atoms. The molecule has 0 radical (unpaired) electrons. The zero-order valence-corrected chi connectivity index (χ0v) is 17.3. The Morgan fingerprint density at radius 2 is 2.03 bits per heavy atom. The van der Waals surface area contributed by atoms with Gasteiger partial charge in [0.15, 0.2) is 0 Å². The van der Waals surface area contributed by atoms with Gasteiger partial charge in [-0.15, -0.1) is 0 Å². The van der Waals surface area contributed by atoms with Crippen LogP contribution in [0, 0.1) is 5.92 Å². The molecule has 1 heterocycles. The fourth-order valence-corrected chi connectivity index (χ4v) is 3.51. The number of fused-ring (bicyclic) bond motifs is 1. The smallest absolute Gasteiger partial charge is 0.336 e. The number of ether oxygens (including phenoxy) is 3. The van der Waals surface area contributed by atoms with E-state index in [0.29, 0.717) is 12.8 Å². The number of rotatable bonds is 4. The van der Waals surface area contributed by atoms with Gasteiger partial charge in [-0.1, -0.05) is 24.3 Å². The van der Waals surface area contributed by atoms with E-state index in [1.165, 1.54) is 13.0 Å². The first-order valence-electron chi connectivity index (χ1n) is 9.55. The third-order valence-electron chi connectivity index (χ3n) is 5.15. The molecule has 0 amide bonds. The summed E-state index contributed by atoms with van der Waals surface area (Å²) < 4.78 is 16.5. The predicted molar refractivity (Wildman–Crippen MR) is 106 cm³/mol. The second-order valence-corrected chi connectivity index (χ2v) is 7.34. The second-order valence-electron chi connectivity index (χ2n) is 7.34. The summed E-state index contributed by atoms with van der Waals surface area (Å²) in [5, 5.41) is 9.35. The number of aliphatic hydroxyl groups excluding tert-OH is 1. The fourth-order valence-electron chi connectivity index (χ4n) is 3.51. The van der Waals surface area contributed by atoms with Gasteiger partial charge in [-0.25, -0.2) is 9.59 Å². The number of hydrogen-bond donors (Lipinski definition) is 1. The van der Waals surface area contributed by atoms with E-state index in [2.05, 4.69) is 6.58 Å². The summed E-state index contributed by atoms with van der Waals surface area (Å²) >= 11 is 0. The first kappa shape index (κ1) is 22.6. The van der Waals surface area contributed by atoms with E-state index in [0.717, 1.165) is 11.1 Å². The lowest BCUT2D eigenvalue weighted by Gasteiger charge is -2.28. The van der Waals surface area contributed by atoms with Crippen LogP contribution < -0.4 is 0 Å². The number of aliphatic hydroxyl groups is 1. The Morgan fingerprint density at radius 3 is 2.62 bits per heavy atom. The molecule has 1 saturated heterocycles. The van der Waals surface area contributed by atoms with Crippen LogP contribution >= 0.6 is 0 Å². The van der Waals surface area contributed by atoms with Gasteiger partial charge in [0.1, 0.15) is 18.3 Å². The lowest BCUT2D eigenvalue weighted by atomic mass is 9.85. The summed E-state index contributed by atoms with van der Waals surface area (Å²) in [4.78, 5) is 36.1. The van der Waals surface area contributed by atoms with Crippen LogP contribution in [0.3, 0.4) is 0 Å². The molecule has 4 atom stereocenters. The molecule has 0 unspecified atom stereocenters. The maximum Gasteiger partial charge on any atom is 0.336 e. The summed E-state index contributed by atoms with van der Waals surface area (Å²) in [7, 11) is 0. The molecule has 0 saturated carbocycles. The van der Waals surface area contributed by atoms with Crippen molar-refractivity contribution in [3.05, 3.63) is 47.1 Å². The number of esters is 3. The third-order valence-corrected chi connectivity index (χ3v) is 5.15. The normalized spacial score (nSPS) is 31.6. The molecule has 0 aromatic rings. The van der Waals surface area contributed by atoms with E-state index < -0.39 is 48.7 Å². The maximum absolute atomic E-state index is 12.4. The van der Waals surface area contributed by atoms with Crippen molar-refractivity contribution in [2.24, 2.45) is 5.92 Å². The van der Waals surface area contributed by atoms with Crippen molar-refractivity contribution >= 4 is 17.9 Å². The van der Waals surface area contributed by atoms with E-state index in [1.807, 2.05) is 13.0 Å². The van der Waals surface area contributed by atoms with Crippen molar-refractivity contribution in [2.45, 2.75) is 58.8 Å². The number of hydrogen-bond acceptors (Lipinski definition) is 7. The average Bonchev–Trinajstić information content (AvgIpc) is 2.91. The Balaban J connectivity index is 2.43. The topological polar surface area (TPSA) is 99.1 Å². The van der Waals surface area contributed by atoms with Crippen LogP contribution in [0.5, 0.6) is 0 Å². The molecule has 7 heteroatoms.